The molecule has 1 aromatic rings. The zero-order valence-corrected chi connectivity index (χ0v) is 9.47. The van der Waals surface area contributed by atoms with E-state index < -0.39 is 0 Å². The number of carbonyl (C=O) groups excluding carboxylic acids is 1. The first kappa shape index (κ1) is 10.4. The van der Waals surface area contributed by atoms with Crippen molar-refractivity contribution in [3.63, 3.8) is 0 Å². The van der Waals surface area contributed by atoms with Crippen LogP contribution in [0.5, 0.6) is 0 Å². The molecule has 1 aliphatic rings. The third kappa shape index (κ3) is 1.83. The second-order valence-corrected chi connectivity index (χ2v) is 4.24. The highest BCUT2D eigenvalue weighted by Gasteiger charge is 2.26. The van der Waals surface area contributed by atoms with Crippen molar-refractivity contribution in [3.8, 4) is 0 Å². The lowest BCUT2D eigenvalue weighted by Gasteiger charge is -2.20. The molecule has 0 aromatic carbocycles. The van der Waals surface area contributed by atoms with Crippen LogP contribution in [0.4, 0.5) is 0 Å². The van der Waals surface area contributed by atoms with Crippen LogP contribution in [0.25, 0.3) is 0 Å². The maximum absolute atomic E-state index is 11.6. The summed E-state index contributed by atoms with van der Waals surface area (Å²) < 4.78 is 0. The fraction of sp³-hybridized carbons (Fsp3) is 0.667. The lowest BCUT2D eigenvalue weighted by molar-refractivity contribution is -0.122. The van der Waals surface area contributed by atoms with E-state index in [4.69, 9.17) is 0 Å². The molecule has 0 saturated carbocycles. The Hall–Kier alpha value is -1.12. The first-order valence-corrected chi connectivity index (χ1v) is 5.83. The van der Waals surface area contributed by atoms with Crippen LogP contribution in [-0.4, -0.2) is 16.0 Å². The van der Waals surface area contributed by atoms with Gasteiger partial charge in [0.25, 0.3) is 0 Å². The molecule has 15 heavy (non-hydrogen) atoms. The number of H-pyrrole nitrogens is 1. The van der Waals surface area contributed by atoms with Gasteiger partial charge >= 0.3 is 0 Å². The van der Waals surface area contributed by atoms with Gasteiger partial charge in [0.1, 0.15) is 5.78 Å². The van der Waals surface area contributed by atoms with Gasteiger partial charge in [-0.2, -0.15) is 5.10 Å². The highest BCUT2D eigenvalue weighted by atomic mass is 16.1. The summed E-state index contributed by atoms with van der Waals surface area (Å²) in [5, 5.41) is 7.38. The summed E-state index contributed by atoms with van der Waals surface area (Å²) in [4.78, 5) is 11.6. The minimum atomic E-state index is 0.229. The third-order valence-electron chi connectivity index (χ3n) is 3.37. The normalized spacial score (nSPS) is 20.0. The standard InChI is InChI=1S/C12H18N2O/c1-3-10-9-6-5-8(12(15)4-2)7-11(9)14-13-10/h8H,3-7H2,1-2H3,(H,13,14). The number of hydrogen-bond acceptors (Lipinski definition) is 2. The van der Waals surface area contributed by atoms with Crippen LogP contribution in [0, 0.1) is 5.92 Å². The lowest BCUT2D eigenvalue weighted by atomic mass is 9.83. The molecule has 3 nitrogen and oxygen atoms in total. The van der Waals surface area contributed by atoms with Crippen molar-refractivity contribution in [2.75, 3.05) is 0 Å². The van der Waals surface area contributed by atoms with Gasteiger partial charge in [0.15, 0.2) is 0 Å². The average molecular weight is 206 g/mol. The Labute approximate surface area is 90.3 Å². The zero-order valence-electron chi connectivity index (χ0n) is 9.47. The maximum Gasteiger partial charge on any atom is 0.136 e. The van der Waals surface area contributed by atoms with Gasteiger partial charge in [0.2, 0.25) is 0 Å². The molecule has 0 saturated heterocycles. The van der Waals surface area contributed by atoms with E-state index in [0.29, 0.717) is 12.2 Å². The summed E-state index contributed by atoms with van der Waals surface area (Å²) in [5.41, 5.74) is 3.76. The van der Waals surface area contributed by atoms with E-state index in [2.05, 4.69) is 17.1 Å². The molecule has 3 heteroatoms. The molecule has 0 spiro atoms. The van der Waals surface area contributed by atoms with Crippen LogP contribution >= 0.6 is 0 Å². The number of carbonyl (C=O) groups is 1. The summed E-state index contributed by atoms with van der Waals surface area (Å²) in [5.74, 6) is 0.626. The third-order valence-corrected chi connectivity index (χ3v) is 3.37. The van der Waals surface area contributed by atoms with E-state index in [9.17, 15) is 4.79 Å². The first-order chi connectivity index (χ1) is 7.26. The maximum atomic E-state index is 11.6. The molecule has 1 aromatic heterocycles. The largest absolute Gasteiger partial charge is 0.299 e. The van der Waals surface area contributed by atoms with Crippen molar-refractivity contribution in [2.45, 2.75) is 46.0 Å². The van der Waals surface area contributed by atoms with Gasteiger partial charge < -0.3 is 0 Å². The van der Waals surface area contributed by atoms with Crippen LogP contribution in [0.3, 0.4) is 0 Å². The molecule has 0 amide bonds. The lowest BCUT2D eigenvalue weighted by Crippen LogP contribution is -2.22. The van der Waals surface area contributed by atoms with Gasteiger partial charge in [0, 0.05) is 18.0 Å². The molecular weight excluding hydrogens is 188 g/mol. The number of aromatic nitrogens is 2. The summed E-state index contributed by atoms with van der Waals surface area (Å²) in [6, 6.07) is 0. The molecular formula is C12H18N2O. The quantitative estimate of drug-likeness (QED) is 0.822. The molecule has 2 rings (SSSR count). The average Bonchev–Trinajstić information content (AvgIpc) is 2.69. The van der Waals surface area contributed by atoms with Gasteiger partial charge in [0.05, 0.1) is 5.69 Å². The molecule has 0 aliphatic heterocycles. The number of fused-ring (bicyclic) bond motifs is 1. The van der Waals surface area contributed by atoms with Gasteiger partial charge in [-0.3, -0.25) is 9.89 Å². The molecule has 82 valence electrons. The minimum Gasteiger partial charge on any atom is -0.299 e. The Morgan fingerprint density at radius 1 is 1.53 bits per heavy atom. The van der Waals surface area contributed by atoms with Crippen LogP contribution in [0.1, 0.15) is 43.6 Å². The Morgan fingerprint density at radius 3 is 3.00 bits per heavy atom. The van der Waals surface area contributed by atoms with Crippen LogP contribution in [-0.2, 0) is 24.1 Å². The van der Waals surface area contributed by atoms with Gasteiger partial charge in [-0.1, -0.05) is 13.8 Å². The van der Waals surface area contributed by atoms with E-state index >= 15 is 0 Å². The number of nitrogens with zero attached hydrogens (tertiary/aromatic N) is 1. The van der Waals surface area contributed by atoms with E-state index in [1.54, 1.807) is 0 Å². The number of nitrogens with one attached hydrogen (secondary N) is 1. The predicted octanol–water partition coefficient (Wildman–Crippen LogP) is 2.06. The highest BCUT2D eigenvalue weighted by Crippen LogP contribution is 2.27. The number of Topliss-reactive ketones (excluding diaryl/α,β-unsaturated/α-hetero) is 1. The van der Waals surface area contributed by atoms with Crippen LogP contribution in [0.2, 0.25) is 0 Å². The van der Waals surface area contributed by atoms with E-state index in [-0.39, 0.29) is 5.92 Å². The summed E-state index contributed by atoms with van der Waals surface area (Å²) in [6.07, 6.45) is 4.54. The predicted molar refractivity (Wildman–Crippen MR) is 58.8 cm³/mol. The second kappa shape index (κ2) is 4.17. The summed E-state index contributed by atoms with van der Waals surface area (Å²) in [6.45, 7) is 4.07. The molecule has 1 N–H and O–H groups in total. The van der Waals surface area contributed by atoms with E-state index in [1.165, 1.54) is 17.0 Å². The topological polar surface area (TPSA) is 45.8 Å². The molecule has 1 atom stereocenters. The smallest absolute Gasteiger partial charge is 0.136 e. The second-order valence-electron chi connectivity index (χ2n) is 4.24. The van der Waals surface area contributed by atoms with E-state index in [0.717, 1.165) is 25.7 Å². The van der Waals surface area contributed by atoms with Gasteiger partial charge in [-0.25, -0.2) is 0 Å². The van der Waals surface area contributed by atoms with Crippen LogP contribution in [0.15, 0.2) is 0 Å². The van der Waals surface area contributed by atoms with Crippen molar-refractivity contribution in [3.05, 3.63) is 17.0 Å². The molecule has 1 heterocycles. The van der Waals surface area contributed by atoms with Crippen molar-refractivity contribution >= 4 is 5.78 Å². The van der Waals surface area contributed by atoms with Gasteiger partial charge in [-0.05, 0) is 31.2 Å². The summed E-state index contributed by atoms with van der Waals surface area (Å²) in [7, 11) is 0. The monoisotopic (exact) mass is 206 g/mol. The van der Waals surface area contributed by atoms with Crippen LogP contribution < -0.4 is 0 Å². The number of aromatic amines is 1. The number of hydrogen-bond donors (Lipinski definition) is 1. The van der Waals surface area contributed by atoms with E-state index in [1.807, 2.05) is 6.92 Å². The fourth-order valence-electron chi connectivity index (χ4n) is 2.43. The Kier molecular flexibility index (Phi) is 2.89. The highest BCUT2D eigenvalue weighted by molar-refractivity contribution is 5.81. The SMILES string of the molecule is CCC(=O)C1CCc2c(CC)n[nH]c2C1. The molecule has 0 bridgehead atoms. The molecule has 1 aliphatic carbocycles. The number of ketones is 1. The van der Waals surface area contributed by atoms with Crippen molar-refractivity contribution < 1.29 is 4.79 Å². The van der Waals surface area contributed by atoms with Crippen molar-refractivity contribution in [1.29, 1.82) is 0 Å². The zero-order chi connectivity index (χ0) is 10.8. The number of aryl methyl sites for hydroxylation is 1. The molecule has 0 fully saturated rings. The number of rotatable bonds is 3. The molecule has 0 radical (unpaired) electrons. The molecule has 1 unspecified atom stereocenters. The van der Waals surface area contributed by atoms with Gasteiger partial charge in [-0.15, -0.1) is 0 Å². The Morgan fingerprint density at radius 2 is 2.33 bits per heavy atom. The summed E-state index contributed by atoms with van der Waals surface area (Å²) >= 11 is 0. The van der Waals surface area contributed by atoms with Crippen molar-refractivity contribution in [2.24, 2.45) is 5.92 Å². The minimum absolute atomic E-state index is 0.229. The fourth-order valence-corrected chi connectivity index (χ4v) is 2.43. The first-order valence-electron chi connectivity index (χ1n) is 5.83. The Bertz CT molecular complexity index is 368. The van der Waals surface area contributed by atoms with Crippen molar-refractivity contribution in [1.82, 2.24) is 10.2 Å². The Balaban J connectivity index is 2.17.